The second-order valence-electron chi connectivity index (χ2n) is 4.23. The minimum absolute atomic E-state index is 0.347. The van der Waals surface area contributed by atoms with Crippen molar-refractivity contribution in [3.05, 3.63) is 20.3 Å². The Labute approximate surface area is 111 Å². The molecule has 1 unspecified atom stereocenters. The first-order valence-corrected chi connectivity index (χ1v) is 7.33. The van der Waals surface area contributed by atoms with Crippen LogP contribution in [0.2, 0.25) is 0 Å². The fraction of sp³-hybridized carbons (Fsp3) is 0.667. The van der Waals surface area contributed by atoms with Crippen molar-refractivity contribution in [2.24, 2.45) is 5.73 Å². The Morgan fingerprint density at radius 2 is 2.12 bits per heavy atom. The summed E-state index contributed by atoms with van der Waals surface area (Å²) in [5.41, 5.74) is 5.93. The molecule has 0 bridgehead atoms. The van der Waals surface area contributed by atoms with Gasteiger partial charge in [0.25, 0.3) is 0 Å². The maximum atomic E-state index is 5.93. The van der Waals surface area contributed by atoms with Gasteiger partial charge in [-0.2, -0.15) is 0 Å². The highest BCUT2D eigenvalue weighted by Gasteiger charge is 2.22. The number of hydrogen-bond donors (Lipinski definition) is 1. The standard InChI is InChI=1S/C12H21BrN2S/c1-5-15(8(2)3)11(7-14)12-6-10(13)9(4)16-12/h6,8,11H,5,7,14H2,1-4H3. The van der Waals surface area contributed by atoms with Crippen LogP contribution in [0.15, 0.2) is 10.5 Å². The first-order valence-electron chi connectivity index (χ1n) is 5.72. The molecule has 2 N–H and O–H groups in total. The number of aryl methyl sites for hydroxylation is 1. The first-order chi connectivity index (χ1) is 7.51. The van der Waals surface area contributed by atoms with Crippen molar-refractivity contribution in [3.63, 3.8) is 0 Å². The van der Waals surface area contributed by atoms with Gasteiger partial charge < -0.3 is 5.73 Å². The number of thiophene rings is 1. The van der Waals surface area contributed by atoms with Crippen LogP contribution in [0.5, 0.6) is 0 Å². The van der Waals surface area contributed by atoms with E-state index < -0.39 is 0 Å². The lowest BCUT2D eigenvalue weighted by Gasteiger charge is -2.32. The molecule has 1 rings (SSSR count). The van der Waals surface area contributed by atoms with Crippen molar-refractivity contribution in [1.82, 2.24) is 4.90 Å². The highest BCUT2D eigenvalue weighted by molar-refractivity contribution is 9.10. The monoisotopic (exact) mass is 304 g/mol. The van der Waals surface area contributed by atoms with E-state index in [0.29, 0.717) is 18.6 Å². The van der Waals surface area contributed by atoms with E-state index in [9.17, 15) is 0 Å². The zero-order valence-electron chi connectivity index (χ0n) is 10.5. The minimum Gasteiger partial charge on any atom is -0.329 e. The molecular weight excluding hydrogens is 284 g/mol. The molecule has 2 nitrogen and oxygen atoms in total. The Bertz CT molecular complexity index is 316. The van der Waals surface area contributed by atoms with Crippen molar-refractivity contribution < 1.29 is 0 Å². The Morgan fingerprint density at radius 3 is 2.44 bits per heavy atom. The summed E-state index contributed by atoms with van der Waals surface area (Å²) in [5.74, 6) is 0. The van der Waals surface area contributed by atoms with Gasteiger partial charge in [0.05, 0.1) is 6.04 Å². The molecule has 16 heavy (non-hydrogen) atoms. The molecule has 0 amide bonds. The quantitative estimate of drug-likeness (QED) is 0.901. The van der Waals surface area contributed by atoms with Gasteiger partial charge in [-0.1, -0.05) is 6.92 Å². The summed E-state index contributed by atoms with van der Waals surface area (Å²) in [7, 11) is 0. The maximum Gasteiger partial charge on any atom is 0.0566 e. The van der Waals surface area contributed by atoms with Crippen molar-refractivity contribution >= 4 is 27.3 Å². The molecule has 1 atom stereocenters. The molecule has 0 aliphatic carbocycles. The van der Waals surface area contributed by atoms with E-state index >= 15 is 0 Å². The highest BCUT2D eigenvalue weighted by Crippen LogP contribution is 2.33. The van der Waals surface area contributed by atoms with Crippen molar-refractivity contribution in [2.45, 2.75) is 39.8 Å². The number of rotatable bonds is 5. The van der Waals surface area contributed by atoms with E-state index in [-0.39, 0.29) is 0 Å². The highest BCUT2D eigenvalue weighted by atomic mass is 79.9. The lowest BCUT2D eigenvalue weighted by atomic mass is 10.1. The summed E-state index contributed by atoms with van der Waals surface area (Å²) >= 11 is 5.41. The molecule has 4 heteroatoms. The molecule has 0 fully saturated rings. The Kier molecular flexibility index (Phi) is 5.44. The van der Waals surface area contributed by atoms with Gasteiger partial charge in [-0.25, -0.2) is 0 Å². The van der Waals surface area contributed by atoms with Crippen LogP contribution in [0, 0.1) is 6.92 Å². The Balaban J connectivity index is 2.96. The number of nitrogens with two attached hydrogens (primary N) is 1. The molecular formula is C12H21BrN2S. The molecule has 1 heterocycles. The molecule has 1 aromatic rings. The van der Waals surface area contributed by atoms with Crippen molar-refractivity contribution in [3.8, 4) is 0 Å². The summed E-state index contributed by atoms with van der Waals surface area (Å²) < 4.78 is 1.20. The molecule has 92 valence electrons. The maximum absolute atomic E-state index is 5.93. The number of halogens is 1. The fourth-order valence-corrected chi connectivity index (χ4v) is 3.70. The van der Waals surface area contributed by atoms with E-state index in [1.165, 1.54) is 14.2 Å². The minimum atomic E-state index is 0.347. The normalized spacial score (nSPS) is 13.8. The van der Waals surface area contributed by atoms with E-state index in [1.807, 2.05) is 11.3 Å². The first kappa shape index (κ1) is 14.2. The zero-order chi connectivity index (χ0) is 12.3. The second kappa shape index (κ2) is 6.15. The number of nitrogens with zero attached hydrogens (tertiary/aromatic N) is 1. The Hall–Kier alpha value is 0.1000. The van der Waals surface area contributed by atoms with Crippen LogP contribution >= 0.6 is 27.3 Å². The van der Waals surface area contributed by atoms with Gasteiger partial charge in [0, 0.05) is 26.8 Å². The number of hydrogen-bond acceptors (Lipinski definition) is 3. The predicted molar refractivity (Wildman–Crippen MR) is 76.1 cm³/mol. The van der Waals surface area contributed by atoms with Crippen LogP contribution < -0.4 is 5.73 Å². The summed E-state index contributed by atoms with van der Waals surface area (Å²) in [6.45, 7) is 10.5. The zero-order valence-corrected chi connectivity index (χ0v) is 12.9. The van der Waals surface area contributed by atoms with E-state index in [4.69, 9.17) is 5.73 Å². The summed E-state index contributed by atoms with van der Waals surface area (Å²) in [5, 5.41) is 0. The van der Waals surface area contributed by atoms with Crippen LogP contribution in [-0.2, 0) is 0 Å². The average Bonchev–Trinajstić information content (AvgIpc) is 2.54. The van der Waals surface area contributed by atoms with Crippen LogP contribution in [0.3, 0.4) is 0 Å². The SMILES string of the molecule is CCN(C(C)C)C(CN)c1cc(Br)c(C)s1. The van der Waals surface area contributed by atoms with Gasteiger partial charge in [0.2, 0.25) is 0 Å². The fourth-order valence-electron chi connectivity index (χ4n) is 2.01. The third-order valence-electron chi connectivity index (χ3n) is 2.86. The van der Waals surface area contributed by atoms with Crippen molar-refractivity contribution in [1.29, 1.82) is 0 Å². The van der Waals surface area contributed by atoms with Crippen LogP contribution in [0.25, 0.3) is 0 Å². The van der Waals surface area contributed by atoms with Gasteiger partial charge in [0.15, 0.2) is 0 Å². The van der Waals surface area contributed by atoms with E-state index in [0.717, 1.165) is 6.54 Å². The van der Waals surface area contributed by atoms with Crippen LogP contribution in [0.1, 0.15) is 36.6 Å². The second-order valence-corrected chi connectivity index (χ2v) is 6.37. The van der Waals surface area contributed by atoms with E-state index in [2.05, 4.69) is 54.6 Å². The number of likely N-dealkylation sites (N-methyl/N-ethyl adjacent to an activating group) is 1. The lowest BCUT2D eigenvalue weighted by molar-refractivity contribution is 0.169. The molecule has 0 saturated carbocycles. The summed E-state index contributed by atoms with van der Waals surface area (Å²) in [6.07, 6.45) is 0. The van der Waals surface area contributed by atoms with Crippen molar-refractivity contribution in [2.75, 3.05) is 13.1 Å². The van der Waals surface area contributed by atoms with Gasteiger partial charge in [-0.15, -0.1) is 11.3 Å². The van der Waals surface area contributed by atoms with Crippen LogP contribution in [0.4, 0.5) is 0 Å². The lowest BCUT2D eigenvalue weighted by Crippen LogP contribution is -2.38. The third-order valence-corrected chi connectivity index (χ3v) is 5.09. The van der Waals surface area contributed by atoms with Gasteiger partial charge >= 0.3 is 0 Å². The molecule has 0 aliphatic heterocycles. The third kappa shape index (κ3) is 3.06. The molecule has 0 aliphatic rings. The van der Waals surface area contributed by atoms with Gasteiger partial charge in [0.1, 0.15) is 0 Å². The summed E-state index contributed by atoms with van der Waals surface area (Å²) in [4.78, 5) is 5.13. The predicted octanol–water partition coefficient (Wildman–Crippen LogP) is 3.55. The largest absolute Gasteiger partial charge is 0.329 e. The molecule has 1 aromatic heterocycles. The van der Waals surface area contributed by atoms with E-state index in [1.54, 1.807) is 0 Å². The smallest absolute Gasteiger partial charge is 0.0566 e. The van der Waals surface area contributed by atoms with Gasteiger partial charge in [-0.3, -0.25) is 4.90 Å². The Morgan fingerprint density at radius 1 is 1.50 bits per heavy atom. The molecule has 0 aromatic carbocycles. The molecule has 0 radical (unpaired) electrons. The summed E-state index contributed by atoms with van der Waals surface area (Å²) in [6, 6.07) is 3.09. The van der Waals surface area contributed by atoms with Gasteiger partial charge in [-0.05, 0) is 49.3 Å². The topological polar surface area (TPSA) is 29.3 Å². The average molecular weight is 305 g/mol. The van der Waals surface area contributed by atoms with Crippen LogP contribution in [-0.4, -0.2) is 24.0 Å². The molecule has 0 spiro atoms. The molecule has 0 saturated heterocycles.